The third-order valence-electron chi connectivity index (χ3n) is 4.63. The Morgan fingerprint density at radius 1 is 1.15 bits per heavy atom. The number of ether oxygens (including phenoxy) is 2. The fourth-order valence-electron chi connectivity index (χ4n) is 2.98. The minimum Gasteiger partial charge on any atom is -0.490 e. The average Bonchev–Trinajstić information content (AvgIpc) is 2.79. The van der Waals surface area contributed by atoms with Gasteiger partial charge in [-0.05, 0) is 77.9 Å². The van der Waals surface area contributed by atoms with E-state index in [-0.39, 0.29) is 11.3 Å². The van der Waals surface area contributed by atoms with Gasteiger partial charge in [-0.3, -0.25) is 4.79 Å². The predicted octanol–water partition coefficient (Wildman–Crippen LogP) is 6.26. The number of hydrogen-bond acceptors (Lipinski definition) is 4. The second kappa shape index (κ2) is 11.5. The minimum atomic E-state index is -0.699. The summed E-state index contributed by atoms with van der Waals surface area (Å²) < 4.78 is 26.4. The molecular weight excluding hydrogens is 534 g/mol. The summed E-state index contributed by atoms with van der Waals surface area (Å²) >= 11 is 2.13. The van der Waals surface area contributed by atoms with Gasteiger partial charge in [0.2, 0.25) is 0 Å². The first-order valence-electron chi connectivity index (χ1n) is 10.2. The zero-order chi connectivity index (χ0) is 23.8. The van der Waals surface area contributed by atoms with E-state index >= 15 is 0 Å². The maximum atomic E-state index is 13.8. The van der Waals surface area contributed by atoms with Crippen molar-refractivity contribution in [2.75, 3.05) is 11.9 Å². The van der Waals surface area contributed by atoms with E-state index in [1.54, 1.807) is 18.2 Å². The molecule has 0 aliphatic rings. The van der Waals surface area contributed by atoms with Crippen molar-refractivity contribution in [2.45, 2.75) is 20.5 Å². The van der Waals surface area contributed by atoms with Crippen molar-refractivity contribution >= 4 is 40.3 Å². The number of aryl methyl sites for hydroxylation is 1. The van der Waals surface area contributed by atoms with Gasteiger partial charge in [0.05, 0.1) is 15.9 Å². The van der Waals surface area contributed by atoms with Crippen molar-refractivity contribution in [3.63, 3.8) is 0 Å². The topological polar surface area (TPSA) is 71.3 Å². The van der Waals surface area contributed by atoms with Crippen LogP contribution < -0.4 is 14.8 Å². The van der Waals surface area contributed by atoms with Gasteiger partial charge >= 0.3 is 0 Å². The lowest BCUT2D eigenvalue weighted by Crippen LogP contribution is -2.14. The summed E-state index contributed by atoms with van der Waals surface area (Å²) in [7, 11) is 0. The smallest absolute Gasteiger partial charge is 0.266 e. The number of hydrogen-bond donors (Lipinski definition) is 1. The van der Waals surface area contributed by atoms with Crippen LogP contribution in [0.2, 0.25) is 0 Å². The Hall–Kier alpha value is -3.38. The lowest BCUT2D eigenvalue weighted by atomic mass is 10.1. The highest BCUT2D eigenvalue weighted by atomic mass is 127. The van der Waals surface area contributed by atoms with Gasteiger partial charge in [-0.1, -0.05) is 42.0 Å². The highest BCUT2D eigenvalue weighted by Gasteiger charge is 2.15. The summed E-state index contributed by atoms with van der Waals surface area (Å²) in [6.45, 7) is 4.68. The maximum absolute atomic E-state index is 13.8. The van der Waals surface area contributed by atoms with Crippen LogP contribution in [-0.4, -0.2) is 12.5 Å². The highest BCUT2D eigenvalue weighted by Crippen LogP contribution is 2.35. The monoisotopic (exact) mass is 556 g/mol. The molecule has 33 heavy (non-hydrogen) atoms. The van der Waals surface area contributed by atoms with Crippen LogP contribution in [-0.2, 0) is 11.4 Å². The number of carbonyl (C=O) groups is 1. The average molecular weight is 556 g/mol. The molecule has 5 nitrogen and oxygen atoms in total. The molecule has 0 saturated carbocycles. The number of halogens is 2. The zero-order valence-electron chi connectivity index (χ0n) is 18.2. The van der Waals surface area contributed by atoms with Crippen molar-refractivity contribution in [1.82, 2.24) is 0 Å². The first-order chi connectivity index (χ1) is 15.9. The Balaban J connectivity index is 1.85. The van der Waals surface area contributed by atoms with Crippen LogP contribution >= 0.6 is 22.6 Å². The maximum Gasteiger partial charge on any atom is 0.266 e. The standard InChI is InChI=1S/C26H22FIN2O3/c1-3-32-24-14-19(12-20(15-29)26(31)30-23-7-5-4-6-21(23)27)13-22(28)25(24)33-16-18-10-8-17(2)9-11-18/h4-14H,3,16H2,1-2H3,(H,30,31)/b20-12-. The van der Waals surface area contributed by atoms with Gasteiger partial charge in [0.25, 0.3) is 5.91 Å². The zero-order valence-corrected chi connectivity index (χ0v) is 20.4. The predicted molar refractivity (Wildman–Crippen MR) is 134 cm³/mol. The summed E-state index contributed by atoms with van der Waals surface area (Å²) in [5.41, 5.74) is 2.63. The van der Waals surface area contributed by atoms with E-state index < -0.39 is 11.7 Å². The number of nitriles is 1. The molecule has 0 heterocycles. The van der Waals surface area contributed by atoms with Gasteiger partial charge in [0.15, 0.2) is 11.5 Å². The molecule has 0 fully saturated rings. The van der Waals surface area contributed by atoms with Crippen LogP contribution in [0, 0.1) is 27.6 Å². The Kier molecular flexibility index (Phi) is 8.44. The fourth-order valence-corrected chi connectivity index (χ4v) is 3.76. The van der Waals surface area contributed by atoms with Crippen LogP contribution in [0.25, 0.3) is 6.08 Å². The summed E-state index contributed by atoms with van der Waals surface area (Å²) in [4.78, 5) is 12.5. The number of carbonyl (C=O) groups excluding carboxylic acids is 1. The van der Waals surface area contributed by atoms with Crippen molar-refractivity contribution in [1.29, 1.82) is 5.26 Å². The van der Waals surface area contributed by atoms with E-state index in [2.05, 4.69) is 27.9 Å². The van der Waals surface area contributed by atoms with Crippen molar-refractivity contribution < 1.29 is 18.7 Å². The van der Waals surface area contributed by atoms with E-state index in [4.69, 9.17) is 9.47 Å². The molecule has 168 valence electrons. The van der Waals surface area contributed by atoms with Crippen LogP contribution in [0.4, 0.5) is 10.1 Å². The summed E-state index contributed by atoms with van der Waals surface area (Å²) in [5, 5.41) is 11.9. The number of benzene rings is 3. The third kappa shape index (κ3) is 6.56. The van der Waals surface area contributed by atoms with E-state index in [9.17, 15) is 14.4 Å². The summed E-state index contributed by atoms with van der Waals surface area (Å²) in [6.07, 6.45) is 1.44. The van der Waals surface area contributed by atoms with Gasteiger partial charge in [-0.2, -0.15) is 5.26 Å². The summed E-state index contributed by atoms with van der Waals surface area (Å²) in [6, 6.07) is 19.2. The molecule has 3 aromatic carbocycles. The normalized spacial score (nSPS) is 10.9. The van der Waals surface area contributed by atoms with E-state index in [0.29, 0.717) is 30.3 Å². The molecule has 0 saturated heterocycles. The fraction of sp³-hybridized carbons (Fsp3) is 0.154. The molecule has 3 rings (SSSR count). The molecule has 1 N–H and O–H groups in total. The van der Waals surface area contributed by atoms with Crippen LogP contribution in [0.15, 0.2) is 66.2 Å². The molecular formula is C26H22FIN2O3. The van der Waals surface area contributed by atoms with Gasteiger partial charge in [-0.15, -0.1) is 0 Å². The van der Waals surface area contributed by atoms with Crippen LogP contribution in [0.3, 0.4) is 0 Å². The lowest BCUT2D eigenvalue weighted by Gasteiger charge is -2.15. The SMILES string of the molecule is CCOc1cc(/C=C(/C#N)C(=O)Nc2ccccc2F)cc(I)c1OCc1ccc(C)cc1. The minimum absolute atomic E-state index is 0.00749. The van der Waals surface area contributed by atoms with Gasteiger partial charge in [-0.25, -0.2) is 4.39 Å². The number of nitrogens with zero attached hydrogens (tertiary/aromatic N) is 1. The number of rotatable bonds is 8. The molecule has 0 aromatic heterocycles. The van der Waals surface area contributed by atoms with Gasteiger partial charge in [0.1, 0.15) is 24.1 Å². The molecule has 0 aliphatic carbocycles. The molecule has 3 aromatic rings. The van der Waals surface area contributed by atoms with Crippen molar-refractivity contribution in [2.24, 2.45) is 0 Å². The number of para-hydroxylation sites is 1. The first kappa shape index (κ1) is 24.3. The Morgan fingerprint density at radius 3 is 2.55 bits per heavy atom. The Labute approximate surface area is 206 Å². The van der Waals surface area contributed by atoms with Gasteiger partial charge in [0, 0.05) is 0 Å². The second-order valence-electron chi connectivity index (χ2n) is 7.14. The molecule has 0 radical (unpaired) electrons. The highest BCUT2D eigenvalue weighted by molar-refractivity contribution is 14.1. The van der Waals surface area contributed by atoms with E-state index in [1.165, 1.54) is 29.8 Å². The Bertz CT molecular complexity index is 1220. The number of amides is 1. The Morgan fingerprint density at radius 2 is 1.88 bits per heavy atom. The number of anilines is 1. The quantitative estimate of drug-likeness (QED) is 0.202. The third-order valence-corrected chi connectivity index (χ3v) is 5.43. The number of nitrogens with one attached hydrogen (secondary N) is 1. The molecule has 0 aliphatic heterocycles. The molecule has 1 amide bonds. The first-order valence-corrected chi connectivity index (χ1v) is 11.3. The lowest BCUT2D eigenvalue weighted by molar-refractivity contribution is -0.112. The van der Waals surface area contributed by atoms with Crippen LogP contribution in [0.5, 0.6) is 11.5 Å². The molecule has 0 spiro atoms. The molecule has 0 atom stereocenters. The van der Waals surface area contributed by atoms with E-state index in [1.807, 2.05) is 44.2 Å². The molecule has 0 unspecified atom stereocenters. The van der Waals surface area contributed by atoms with E-state index in [0.717, 1.165) is 9.13 Å². The molecule has 7 heteroatoms. The second-order valence-corrected chi connectivity index (χ2v) is 8.30. The summed E-state index contributed by atoms with van der Waals surface area (Å²) in [5.74, 6) is -0.180. The largest absolute Gasteiger partial charge is 0.490 e. The van der Waals surface area contributed by atoms with Gasteiger partial charge < -0.3 is 14.8 Å². The van der Waals surface area contributed by atoms with Crippen molar-refractivity contribution in [3.05, 3.63) is 92.3 Å². The van der Waals surface area contributed by atoms with Crippen LogP contribution in [0.1, 0.15) is 23.6 Å². The van der Waals surface area contributed by atoms with Crippen molar-refractivity contribution in [3.8, 4) is 17.6 Å². The molecule has 0 bridgehead atoms.